The van der Waals surface area contributed by atoms with Crippen LogP contribution in [0.3, 0.4) is 0 Å². The molecule has 1 fully saturated rings. The molecule has 6 nitrogen and oxygen atoms in total. The summed E-state index contributed by atoms with van der Waals surface area (Å²) in [6, 6.07) is 9.75. The lowest BCUT2D eigenvalue weighted by atomic mass is 10.1. The normalized spacial score (nSPS) is 16.4. The molecule has 30 heavy (non-hydrogen) atoms. The summed E-state index contributed by atoms with van der Waals surface area (Å²) in [5, 5.41) is 2.47. The minimum absolute atomic E-state index is 0.0225. The van der Waals surface area contributed by atoms with E-state index in [4.69, 9.17) is 0 Å². The van der Waals surface area contributed by atoms with Crippen LogP contribution in [-0.4, -0.2) is 56.3 Å². The van der Waals surface area contributed by atoms with E-state index in [0.29, 0.717) is 26.2 Å². The quantitative estimate of drug-likeness (QED) is 0.773. The number of nitrogens with one attached hydrogen (secondary N) is 1. The predicted molar refractivity (Wildman–Crippen MR) is 107 cm³/mol. The molecule has 162 valence electrons. The number of piperazine rings is 1. The fraction of sp³-hybridized carbons (Fsp3) is 0.350. The molecular weight excluding hydrogens is 419 g/mol. The standard InChI is InChI=1S/C20H22F3N3O3S/c1-2-25-9-11-26(12-10-25)30(28,29)18-8-4-7-17(14-18)24-19(27)15-5-3-6-16(13-15)20(21,22)23/h3-8,13-14H,2,9-12H2,1H3,(H,24,27). The molecule has 0 atom stereocenters. The van der Waals surface area contributed by atoms with Gasteiger partial charge in [-0.3, -0.25) is 4.79 Å². The van der Waals surface area contributed by atoms with Crippen LogP contribution in [0, 0.1) is 0 Å². The molecule has 1 aliphatic heterocycles. The molecular formula is C20H22F3N3O3S. The van der Waals surface area contributed by atoms with Gasteiger partial charge in [-0.05, 0) is 42.9 Å². The van der Waals surface area contributed by atoms with Crippen LogP contribution >= 0.6 is 0 Å². The number of likely N-dealkylation sites (N-methyl/N-ethyl adjacent to an activating group) is 1. The van der Waals surface area contributed by atoms with Crippen molar-refractivity contribution in [2.75, 3.05) is 38.0 Å². The van der Waals surface area contributed by atoms with E-state index in [0.717, 1.165) is 24.7 Å². The van der Waals surface area contributed by atoms with E-state index >= 15 is 0 Å². The zero-order valence-corrected chi connectivity index (χ0v) is 17.1. The van der Waals surface area contributed by atoms with Crippen LogP contribution in [0.2, 0.25) is 0 Å². The van der Waals surface area contributed by atoms with Gasteiger partial charge in [-0.15, -0.1) is 0 Å². The molecule has 0 aliphatic carbocycles. The number of carbonyl (C=O) groups is 1. The molecule has 2 aromatic rings. The summed E-state index contributed by atoms with van der Waals surface area (Å²) in [5.41, 5.74) is -0.919. The Hall–Kier alpha value is -2.43. The Bertz CT molecular complexity index is 1020. The van der Waals surface area contributed by atoms with Crippen LogP contribution in [0.25, 0.3) is 0 Å². The van der Waals surface area contributed by atoms with Crippen LogP contribution in [0.1, 0.15) is 22.8 Å². The largest absolute Gasteiger partial charge is 0.416 e. The van der Waals surface area contributed by atoms with Gasteiger partial charge in [0.25, 0.3) is 5.91 Å². The number of hydrogen-bond donors (Lipinski definition) is 1. The molecule has 1 N–H and O–H groups in total. The molecule has 0 saturated carbocycles. The Balaban J connectivity index is 1.77. The summed E-state index contributed by atoms with van der Waals surface area (Å²) in [6.45, 7) is 4.89. The number of amides is 1. The zero-order valence-electron chi connectivity index (χ0n) is 16.3. The van der Waals surface area contributed by atoms with E-state index in [1.165, 1.54) is 34.6 Å². The number of sulfonamides is 1. The van der Waals surface area contributed by atoms with Crippen LogP contribution in [0.5, 0.6) is 0 Å². The highest BCUT2D eigenvalue weighted by molar-refractivity contribution is 7.89. The first-order valence-electron chi connectivity index (χ1n) is 9.42. The van der Waals surface area contributed by atoms with Crippen molar-refractivity contribution >= 4 is 21.6 Å². The Morgan fingerprint density at radius 1 is 1.03 bits per heavy atom. The third kappa shape index (κ3) is 5.00. The van der Waals surface area contributed by atoms with Crippen LogP contribution < -0.4 is 5.32 Å². The summed E-state index contributed by atoms with van der Waals surface area (Å²) >= 11 is 0. The number of hydrogen-bond acceptors (Lipinski definition) is 4. The van der Waals surface area contributed by atoms with Gasteiger partial charge in [0.1, 0.15) is 0 Å². The summed E-state index contributed by atoms with van der Waals surface area (Å²) in [6.07, 6.45) is -4.56. The second-order valence-electron chi connectivity index (χ2n) is 6.90. The number of halogens is 3. The fourth-order valence-electron chi connectivity index (χ4n) is 3.21. The maximum absolute atomic E-state index is 12.9. The maximum atomic E-state index is 12.9. The molecule has 0 spiro atoms. The third-order valence-corrected chi connectivity index (χ3v) is 6.85. The van der Waals surface area contributed by atoms with Gasteiger partial charge in [-0.1, -0.05) is 19.1 Å². The molecule has 3 rings (SSSR count). The van der Waals surface area contributed by atoms with Crippen molar-refractivity contribution in [1.29, 1.82) is 0 Å². The lowest BCUT2D eigenvalue weighted by molar-refractivity contribution is -0.137. The van der Waals surface area contributed by atoms with Gasteiger partial charge >= 0.3 is 6.18 Å². The molecule has 1 heterocycles. The zero-order chi connectivity index (χ0) is 21.9. The number of nitrogens with zero attached hydrogens (tertiary/aromatic N) is 2. The van der Waals surface area contributed by atoms with Gasteiger partial charge in [0.15, 0.2) is 0 Å². The lowest BCUT2D eigenvalue weighted by Crippen LogP contribution is -2.48. The fourth-order valence-corrected chi connectivity index (χ4v) is 4.68. The third-order valence-electron chi connectivity index (χ3n) is 4.96. The first-order valence-corrected chi connectivity index (χ1v) is 10.9. The second-order valence-corrected chi connectivity index (χ2v) is 8.84. The summed E-state index contributed by atoms with van der Waals surface area (Å²) in [5.74, 6) is -0.757. The van der Waals surface area contributed by atoms with E-state index in [9.17, 15) is 26.4 Å². The molecule has 0 radical (unpaired) electrons. The summed E-state index contributed by atoms with van der Waals surface area (Å²) in [7, 11) is -3.74. The van der Waals surface area contributed by atoms with Crippen LogP contribution in [-0.2, 0) is 16.2 Å². The van der Waals surface area contributed by atoms with Crippen molar-refractivity contribution in [3.8, 4) is 0 Å². The van der Waals surface area contributed by atoms with E-state index in [1.54, 1.807) is 0 Å². The monoisotopic (exact) mass is 441 g/mol. The Morgan fingerprint density at radius 2 is 1.70 bits per heavy atom. The minimum atomic E-state index is -4.56. The van der Waals surface area contributed by atoms with Crippen molar-refractivity contribution in [3.05, 3.63) is 59.7 Å². The first-order chi connectivity index (χ1) is 14.1. The number of benzene rings is 2. The number of alkyl halides is 3. The first kappa shape index (κ1) is 22.3. The lowest BCUT2D eigenvalue weighted by Gasteiger charge is -2.33. The van der Waals surface area contributed by atoms with Gasteiger partial charge < -0.3 is 10.2 Å². The van der Waals surface area contributed by atoms with E-state index in [1.807, 2.05) is 6.92 Å². The number of anilines is 1. The highest BCUT2D eigenvalue weighted by atomic mass is 32.2. The topological polar surface area (TPSA) is 69.7 Å². The second kappa shape index (κ2) is 8.75. The van der Waals surface area contributed by atoms with Crippen molar-refractivity contribution in [2.24, 2.45) is 0 Å². The average Bonchev–Trinajstić information content (AvgIpc) is 2.73. The van der Waals surface area contributed by atoms with E-state index in [2.05, 4.69) is 10.2 Å². The maximum Gasteiger partial charge on any atom is 0.416 e. The van der Waals surface area contributed by atoms with Crippen LogP contribution in [0.4, 0.5) is 18.9 Å². The smallest absolute Gasteiger partial charge is 0.322 e. The summed E-state index contributed by atoms with van der Waals surface area (Å²) < 4.78 is 65.8. The molecule has 0 unspecified atom stereocenters. The molecule has 10 heteroatoms. The Labute approximate surface area is 173 Å². The van der Waals surface area contributed by atoms with E-state index < -0.39 is 27.7 Å². The molecule has 1 amide bonds. The highest BCUT2D eigenvalue weighted by Gasteiger charge is 2.31. The predicted octanol–water partition coefficient (Wildman–Crippen LogP) is 3.28. The van der Waals surface area contributed by atoms with Crippen molar-refractivity contribution < 1.29 is 26.4 Å². The summed E-state index contributed by atoms with van der Waals surface area (Å²) in [4.78, 5) is 14.6. The van der Waals surface area contributed by atoms with E-state index in [-0.39, 0.29) is 16.1 Å². The van der Waals surface area contributed by atoms with Gasteiger partial charge in [0.2, 0.25) is 10.0 Å². The van der Waals surface area contributed by atoms with Gasteiger partial charge in [0.05, 0.1) is 10.5 Å². The molecule has 0 bridgehead atoms. The average molecular weight is 441 g/mol. The Kier molecular flexibility index (Phi) is 6.49. The van der Waals surface area contributed by atoms with Crippen molar-refractivity contribution in [1.82, 2.24) is 9.21 Å². The molecule has 0 aromatic heterocycles. The molecule has 2 aromatic carbocycles. The van der Waals surface area contributed by atoms with Crippen molar-refractivity contribution in [2.45, 2.75) is 18.0 Å². The molecule has 1 aliphatic rings. The SMILES string of the molecule is CCN1CCN(S(=O)(=O)c2cccc(NC(=O)c3cccc(C(F)(F)F)c3)c2)CC1. The number of rotatable bonds is 5. The van der Waals surface area contributed by atoms with Gasteiger partial charge in [0, 0.05) is 37.4 Å². The van der Waals surface area contributed by atoms with Gasteiger partial charge in [-0.2, -0.15) is 17.5 Å². The Morgan fingerprint density at radius 3 is 2.33 bits per heavy atom. The van der Waals surface area contributed by atoms with Gasteiger partial charge in [-0.25, -0.2) is 8.42 Å². The minimum Gasteiger partial charge on any atom is -0.322 e. The number of carbonyl (C=O) groups excluding carboxylic acids is 1. The van der Waals surface area contributed by atoms with Crippen LogP contribution in [0.15, 0.2) is 53.4 Å². The van der Waals surface area contributed by atoms with Crippen molar-refractivity contribution in [3.63, 3.8) is 0 Å². The molecule has 1 saturated heterocycles. The highest BCUT2D eigenvalue weighted by Crippen LogP contribution is 2.30.